The van der Waals surface area contributed by atoms with E-state index in [1.54, 1.807) is 6.26 Å². The highest BCUT2D eigenvalue weighted by molar-refractivity contribution is 6.91. The molecule has 0 saturated heterocycles. The van der Waals surface area contributed by atoms with Gasteiger partial charge in [-0.3, -0.25) is 4.79 Å². The molecule has 1 heterocycles. The normalized spacial score (nSPS) is 13.7. The van der Waals surface area contributed by atoms with Gasteiger partial charge in [0.1, 0.15) is 14.2 Å². The topological polar surface area (TPSA) is 59.7 Å². The van der Waals surface area contributed by atoms with Gasteiger partial charge in [0.25, 0.3) is 0 Å². The van der Waals surface area contributed by atoms with Gasteiger partial charge in [0.2, 0.25) is 0 Å². The van der Waals surface area contributed by atoms with Crippen LogP contribution in [0.1, 0.15) is 84.3 Å². The molecule has 0 aliphatic rings. The largest absolute Gasteiger partial charge is 0.474 e. The fourth-order valence-corrected chi connectivity index (χ4v) is 4.48. The van der Waals surface area contributed by atoms with Gasteiger partial charge in [-0.1, -0.05) is 59.5 Å². The molecule has 0 spiro atoms. The molecule has 1 aromatic rings. The highest BCUT2D eigenvalue weighted by Crippen LogP contribution is 2.36. The molecule has 0 saturated carbocycles. The first-order valence-electron chi connectivity index (χ1n) is 9.96. The molecule has 1 rings (SSSR count). The van der Waals surface area contributed by atoms with Crippen molar-refractivity contribution in [2.75, 3.05) is 6.61 Å². The number of esters is 1. The van der Waals surface area contributed by atoms with E-state index in [2.05, 4.69) is 39.9 Å². The molecule has 0 fully saturated rings. The van der Waals surface area contributed by atoms with Gasteiger partial charge < -0.3 is 14.3 Å². The molecular formula is C21H38O4Si. The van der Waals surface area contributed by atoms with Crippen molar-refractivity contribution >= 4 is 19.4 Å². The lowest BCUT2D eigenvalue weighted by molar-refractivity contribution is -0.147. The summed E-state index contributed by atoms with van der Waals surface area (Å²) < 4.78 is 11.5. The average Bonchev–Trinajstić information content (AvgIpc) is 3.02. The van der Waals surface area contributed by atoms with Crippen LogP contribution < -0.4 is 5.38 Å². The van der Waals surface area contributed by atoms with Crippen LogP contribution in [0.3, 0.4) is 0 Å². The number of aliphatic hydroxyl groups excluding tert-OH is 1. The summed E-state index contributed by atoms with van der Waals surface area (Å²) in [5, 5.41) is 10.1. The van der Waals surface area contributed by atoms with Crippen LogP contribution in [0.15, 0.2) is 16.7 Å². The van der Waals surface area contributed by atoms with E-state index in [-0.39, 0.29) is 23.7 Å². The minimum absolute atomic E-state index is 0.202. The third kappa shape index (κ3) is 6.91. The molecule has 1 atom stereocenters. The highest BCUT2D eigenvalue weighted by Gasteiger charge is 2.40. The van der Waals surface area contributed by atoms with Crippen LogP contribution in [0.2, 0.25) is 18.1 Å². The van der Waals surface area contributed by atoms with Crippen LogP contribution in [-0.2, 0) is 9.53 Å². The van der Waals surface area contributed by atoms with Crippen molar-refractivity contribution in [3.63, 3.8) is 0 Å². The average molecular weight is 383 g/mol. The van der Waals surface area contributed by atoms with Crippen molar-refractivity contribution < 1.29 is 19.1 Å². The highest BCUT2D eigenvalue weighted by atomic mass is 28.3. The molecule has 0 radical (unpaired) electrons. The summed E-state index contributed by atoms with van der Waals surface area (Å²) in [5.41, 5.74) is 0.986. The molecular weight excluding hydrogens is 344 g/mol. The Morgan fingerprint density at radius 1 is 1.15 bits per heavy atom. The number of rotatable bonds is 11. The zero-order valence-electron chi connectivity index (χ0n) is 17.6. The van der Waals surface area contributed by atoms with Crippen molar-refractivity contribution in [3.05, 3.63) is 17.9 Å². The fourth-order valence-electron chi connectivity index (χ4n) is 2.86. The minimum Gasteiger partial charge on any atom is -0.474 e. The van der Waals surface area contributed by atoms with Crippen LogP contribution >= 0.6 is 0 Å². The third-order valence-electron chi connectivity index (χ3n) is 5.67. The Kier molecular flexibility index (Phi) is 9.11. The van der Waals surface area contributed by atoms with E-state index in [0.717, 1.165) is 55.9 Å². The Labute approximate surface area is 160 Å². The quantitative estimate of drug-likeness (QED) is 0.319. The molecule has 1 unspecified atom stereocenters. The Morgan fingerprint density at radius 2 is 1.73 bits per heavy atom. The number of hydrogen-bond donors (Lipinski definition) is 1. The van der Waals surface area contributed by atoms with Gasteiger partial charge in [0.05, 0.1) is 11.6 Å². The van der Waals surface area contributed by atoms with Crippen molar-refractivity contribution in [2.45, 2.75) is 96.9 Å². The Hall–Kier alpha value is -1.07. The maximum atomic E-state index is 11.5. The summed E-state index contributed by atoms with van der Waals surface area (Å²) in [6, 6.07) is 2.12. The molecule has 150 valence electrons. The Morgan fingerprint density at radius 3 is 2.27 bits per heavy atom. The molecule has 26 heavy (non-hydrogen) atoms. The number of unbranched alkanes of at least 4 members (excludes halogenated alkanes) is 5. The second-order valence-electron chi connectivity index (χ2n) is 8.85. The first-order valence-corrected chi connectivity index (χ1v) is 13.0. The maximum Gasteiger partial charge on any atom is 0.303 e. The lowest BCUT2D eigenvalue weighted by Gasteiger charge is -2.34. The number of ether oxygens (including phenoxy) is 1. The van der Waals surface area contributed by atoms with Gasteiger partial charge >= 0.3 is 5.97 Å². The van der Waals surface area contributed by atoms with E-state index in [1.807, 2.05) is 0 Å². The second kappa shape index (κ2) is 10.3. The summed E-state index contributed by atoms with van der Waals surface area (Å²) in [6.45, 7) is 13.2. The lowest BCUT2D eigenvalue weighted by Crippen LogP contribution is -2.48. The number of furan rings is 1. The van der Waals surface area contributed by atoms with Crippen molar-refractivity contribution in [2.24, 2.45) is 0 Å². The number of aliphatic hydroxyl groups is 1. The van der Waals surface area contributed by atoms with Crippen LogP contribution in [0.25, 0.3) is 0 Å². The zero-order chi connectivity index (χ0) is 19.8. The first-order chi connectivity index (χ1) is 12.1. The van der Waals surface area contributed by atoms with Crippen LogP contribution in [-0.4, -0.2) is 25.8 Å². The molecule has 0 aliphatic carbocycles. The van der Waals surface area contributed by atoms with E-state index in [4.69, 9.17) is 14.3 Å². The summed E-state index contributed by atoms with van der Waals surface area (Å²) >= 11 is 0. The van der Waals surface area contributed by atoms with Gasteiger partial charge in [-0.2, -0.15) is 0 Å². The predicted molar refractivity (Wildman–Crippen MR) is 109 cm³/mol. The second-order valence-corrected chi connectivity index (χ2v) is 14.1. The predicted octanol–water partition coefficient (Wildman–Crippen LogP) is 5.32. The Balaban J connectivity index is 2.68. The molecule has 0 aromatic carbocycles. The van der Waals surface area contributed by atoms with Crippen LogP contribution in [0.5, 0.6) is 0 Å². The maximum absolute atomic E-state index is 11.5. The van der Waals surface area contributed by atoms with E-state index < -0.39 is 8.07 Å². The molecule has 0 bridgehead atoms. The van der Waals surface area contributed by atoms with Crippen LogP contribution in [0, 0.1) is 0 Å². The van der Waals surface area contributed by atoms with Crippen molar-refractivity contribution in [1.29, 1.82) is 0 Å². The van der Waals surface area contributed by atoms with E-state index in [0.29, 0.717) is 0 Å². The standard InChI is InChI=1S/C21H38O4Si/c1-17(23)25-19(13-11-9-7-8-10-12-14-22)18-15-20(24-16-18)26(5,6)21(2,3)4/h15-16,19,22H,7-14H2,1-6H3. The molecule has 1 aromatic heterocycles. The third-order valence-corrected chi connectivity index (χ3v) is 10.9. The van der Waals surface area contributed by atoms with Gasteiger partial charge in [-0.05, 0) is 30.4 Å². The fraction of sp³-hybridized carbons (Fsp3) is 0.762. The van der Waals surface area contributed by atoms with Gasteiger partial charge in [0.15, 0.2) is 0 Å². The van der Waals surface area contributed by atoms with E-state index >= 15 is 0 Å². The monoisotopic (exact) mass is 382 g/mol. The molecule has 0 aliphatic heterocycles. The van der Waals surface area contributed by atoms with Gasteiger partial charge in [0, 0.05) is 19.1 Å². The molecule has 4 nitrogen and oxygen atoms in total. The van der Waals surface area contributed by atoms with Crippen molar-refractivity contribution in [1.82, 2.24) is 0 Å². The molecule has 1 N–H and O–H groups in total. The molecule has 5 heteroatoms. The summed E-state index contributed by atoms with van der Waals surface area (Å²) in [5.74, 6) is -0.243. The minimum atomic E-state index is -1.73. The number of hydrogen-bond acceptors (Lipinski definition) is 4. The zero-order valence-corrected chi connectivity index (χ0v) is 18.6. The van der Waals surface area contributed by atoms with E-state index in [9.17, 15) is 4.79 Å². The van der Waals surface area contributed by atoms with Gasteiger partial charge in [-0.15, -0.1) is 0 Å². The van der Waals surface area contributed by atoms with Crippen LogP contribution in [0.4, 0.5) is 0 Å². The van der Waals surface area contributed by atoms with Crippen molar-refractivity contribution in [3.8, 4) is 0 Å². The summed E-state index contributed by atoms with van der Waals surface area (Å²) in [7, 11) is -1.73. The Bertz CT molecular complexity index is 542. The molecule has 0 amide bonds. The summed E-state index contributed by atoms with van der Waals surface area (Å²) in [6.07, 6.45) is 8.83. The number of carbonyl (C=O) groups is 1. The lowest BCUT2D eigenvalue weighted by atomic mass is 10.0. The first kappa shape index (κ1) is 23.0. The summed E-state index contributed by atoms with van der Waals surface area (Å²) in [4.78, 5) is 11.5. The van der Waals surface area contributed by atoms with E-state index in [1.165, 1.54) is 6.92 Å². The van der Waals surface area contributed by atoms with Gasteiger partial charge in [-0.25, -0.2) is 0 Å². The number of carbonyl (C=O) groups excluding carboxylic acids is 1. The SMILES string of the molecule is CC(=O)OC(CCCCCCCCO)c1coc([Si](C)(C)C(C)(C)C)c1. The smallest absolute Gasteiger partial charge is 0.303 e.